The molecule has 1 aromatic rings. The van der Waals surface area contributed by atoms with Gasteiger partial charge >= 0.3 is 0 Å². The van der Waals surface area contributed by atoms with E-state index in [-0.39, 0.29) is 18.8 Å². The monoisotopic (exact) mass is 169 g/mol. The van der Waals surface area contributed by atoms with Gasteiger partial charge in [0.15, 0.2) is 0 Å². The number of halogens is 1. The molecule has 0 fully saturated rings. The quantitative estimate of drug-likeness (QED) is 0.699. The lowest BCUT2D eigenvalue weighted by molar-refractivity contribution is 0.182. The van der Waals surface area contributed by atoms with Crippen molar-refractivity contribution in [3.05, 3.63) is 35.6 Å². The second kappa shape index (κ2) is 4.18. The number of aliphatic hydroxyl groups is 1. The fraction of sp³-hybridized carbons (Fsp3) is 0.333. The van der Waals surface area contributed by atoms with Crippen LogP contribution in [0, 0.1) is 5.82 Å². The fourth-order valence-electron chi connectivity index (χ4n) is 1.00. The van der Waals surface area contributed by atoms with E-state index in [9.17, 15) is 4.39 Å². The Bertz CT molecular complexity index is 252. The molecule has 0 radical (unpaired) electrons. The number of nitrogens with two attached hydrogens (primary N) is 1. The molecule has 0 amide bonds. The van der Waals surface area contributed by atoms with Crippen molar-refractivity contribution in [2.45, 2.75) is 12.5 Å². The van der Waals surface area contributed by atoms with Crippen molar-refractivity contribution < 1.29 is 9.50 Å². The predicted molar refractivity (Wildman–Crippen MR) is 45.2 cm³/mol. The van der Waals surface area contributed by atoms with Crippen LogP contribution in [0.5, 0.6) is 0 Å². The van der Waals surface area contributed by atoms with Crippen LogP contribution in [0.2, 0.25) is 0 Å². The van der Waals surface area contributed by atoms with E-state index in [2.05, 4.69) is 0 Å². The molecule has 1 atom stereocenters. The van der Waals surface area contributed by atoms with Gasteiger partial charge in [-0.15, -0.1) is 0 Å². The van der Waals surface area contributed by atoms with Crippen molar-refractivity contribution >= 4 is 0 Å². The maximum absolute atomic E-state index is 12.9. The van der Waals surface area contributed by atoms with Gasteiger partial charge < -0.3 is 10.8 Å². The molecule has 12 heavy (non-hydrogen) atoms. The van der Waals surface area contributed by atoms with Crippen LogP contribution in [0.4, 0.5) is 4.39 Å². The number of hydrogen-bond donors (Lipinski definition) is 2. The van der Waals surface area contributed by atoms with Crippen LogP contribution >= 0.6 is 0 Å². The molecule has 0 unspecified atom stereocenters. The Balaban J connectivity index is 2.69. The Kier molecular flexibility index (Phi) is 3.19. The first-order chi connectivity index (χ1) is 5.74. The van der Waals surface area contributed by atoms with Gasteiger partial charge in [0.2, 0.25) is 0 Å². The minimum absolute atomic E-state index is 0.161. The Labute approximate surface area is 70.8 Å². The van der Waals surface area contributed by atoms with E-state index < -0.39 is 6.10 Å². The summed E-state index contributed by atoms with van der Waals surface area (Å²) in [4.78, 5) is 0. The third kappa shape index (κ3) is 2.29. The van der Waals surface area contributed by atoms with Crippen molar-refractivity contribution in [1.29, 1.82) is 0 Å². The highest BCUT2D eigenvalue weighted by molar-refractivity contribution is 5.17. The van der Waals surface area contributed by atoms with E-state index in [1.807, 2.05) is 0 Å². The molecule has 0 saturated carbocycles. The van der Waals surface area contributed by atoms with Crippen molar-refractivity contribution in [2.24, 2.45) is 5.73 Å². The molecule has 0 saturated heterocycles. The van der Waals surface area contributed by atoms with Gasteiger partial charge in [-0.25, -0.2) is 4.39 Å². The summed E-state index contributed by atoms with van der Waals surface area (Å²) in [5.74, 6) is -0.287. The molecule has 0 aliphatic carbocycles. The standard InChI is InChI=1S/C9H12FNO/c10-9-4-2-1-3-7(9)5-8(12)6-11/h1-4,8,12H,5-6,11H2/t8-/m0/s1. The SMILES string of the molecule is NC[C@@H](O)Cc1ccccc1F. The van der Waals surface area contributed by atoms with Crippen LogP contribution < -0.4 is 5.73 Å². The molecule has 3 heteroatoms. The summed E-state index contributed by atoms with van der Waals surface area (Å²) >= 11 is 0. The lowest BCUT2D eigenvalue weighted by Gasteiger charge is -2.07. The molecule has 2 nitrogen and oxygen atoms in total. The maximum Gasteiger partial charge on any atom is 0.126 e. The Hall–Kier alpha value is -0.930. The van der Waals surface area contributed by atoms with Gasteiger partial charge in [0.05, 0.1) is 6.10 Å². The van der Waals surface area contributed by atoms with E-state index in [1.54, 1.807) is 18.2 Å². The first kappa shape index (κ1) is 9.16. The smallest absolute Gasteiger partial charge is 0.126 e. The molecule has 0 heterocycles. The van der Waals surface area contributed by atoms with Crippen LogP contribution in [-0.4, -0.2) is 17.8 Å². The molecule has 0 aliphatic heterocycles. The first-order valence-corrected chi connectivity index (χ1v) is 3.85. The number of hydrogen-bond acceptors (Lipinski definition) is 2. The molecule has 66 valence electrons. The summed E-state index contributed by atoms with van der Waals surface area (Å²) in [7, 11) is 0. The molecular weight excluding hydrogens is 157 g/mol. The van der Waals surface area contributed by atoms with Crippen molar-refractivity contribution in [1.82, 2.24) is 0 Å². The molecule has 0 aliphatic rings. The highest BCUT2D eigenvalue weighted by atomic mass is 19.1. The topological polar surface area (TPSA) is 46.2 Å². The Morgan fingerprint density at radius 2 is 2.08 bits per heavy atom. The maximum atomic E-state index is 12.9. The fourth-order valence-corrected chi connectivity index (χ4v) is 1.00. The van der Waals surface area contributed by atoms with Crippen molar-refractivity contribution in [3.8, 4) is 0 Å². The third-order valence-corrected chi connectivity index (χ3v) is 1.69. The summed E-state index contributed by atoms with van der Waals surface area (Å²) in [6.07, 6.45) is -0.370. The van der Waals surface area contributed by atoms with E-state index in [1.165, 1.54) is 6.07 Å². The van der Waals surface area contributed by atoms with Gasteiger partial charge in [-0.1, -0.05) is 18.2 Å². The highest BCUT2D eigenvalue weighted by Crippen LogP contribution is 2.08. The van der Waals surface area contributed by atoms with Gasteiger partial charge in [0.1, 0.15) is 5.82 Å². The summed E-state index contributed by atoms with van der Waals surface area (Å²) in [5, 5.41) is 9.14. The molecule has 1 rings (SSSR count). The van der Waals surface area contributed by atoms with Crippen molar-refractivity contribution in [3.63, 3.8) is 0 Å². The van der Waals surface area contributed by atoms with E-state index in [0.29, 0.717) is 5.56 Å². The Morgan fingerprint density at radius 3 is 2.67 bits per heavy atom. The summed E-state index contributed by atoms with van der Waals surface area (Å²) in [6, 6.07) is 6.38. The minimum Gasteiger partial charge on any atom is -0.391 e. The zero-order valence-corrected chi connectivity index (χ0v) is 6.70. The van der Waals surface area contributed by atoms with Crippen LogP contribution in [0.3, 0.4) is 0 Å². The minimum atomic E-state index is -0.651. The highest BCUT2D eigenvalue weighted by Gasteiger charge is 2.06. The Morgan fingerprint density at radius 1 is 1.42 bits per heavy atom. The summed E-state index contributed by atoms with van der Waals surface area (Å²) in [6.45, 7) is 0.161. The van der Waals surface area contributed by atoms with Crippen molar-refractivity contribution in [2.75, 3.05) is 6.54 Å². The molecular formula is C9H12FNO. The first-order valence-electron chi connectivity index (χ1n) is 3.85. The normalized spacial score (nSPS) is 12.9. The van der Waals surface area contributed by atoms with Crippen LogP contribution in [0.15, 0.2) is 24.3 Å². The number of rotatable bonds is 3. The second-order valence-corrected chi connectivity index (χ2v) is 2.69. The zero-order valence-electron chi connectivity index (χ0n) is 6.70. The lowest BCUT2D eigenvalue weighted by atomic mass is 10.1. The second-order valence-electron chi connectivity index (χ2n) is 2.69. The molecule has 0 aromatic heterocycles. The van der Waals surface area contributed by atoms with E-state index in [4.69, 9.17) is 10.8 Å². The average Bonchev–Trinajstić information content (AvgIpc) is 2.09. The van der Waals surface area contributed by atoms with Crippen LogP contribution in [0.1, 0.15) is 5.56 Å². The largest absolute Gasteiger partial charge is 0.391 e. The molecule has 0 bridgehead atoms. The van der Waals surface area contributed by atoms with E-state index >= 15 is 0 Å². The van der Waals surface area contributed by atoms with Gasteiger partial charge in [0.25, 0.3) is 0 Å². The lowest BCUT2D eigenvalue weighted by Crippen LogP contribution is -2.22. The van der Waals surface area contributed by atoms with Gasteiger partial charge in [-0.2, -0.15) is 0 Å². The summed E-state index contributed by atoms with van der Waals surface area (Å²) in [5.41, 5.74) is 5.71. The number of aliphatic hydroxyl groups excluding tert-OH is 1. The number of benzene rings is 1. The summed E-state index contributed by atoms with van der Waals surface area (Å²) < 4.78 is 12.9. The third-order valence-electron chi connectivity index (χ3n) is 1.69. The molecule has 1 aromatic carbocycles. The average molecular weight is 169 g/mol. The van der Waals surface area contributed by atoms with Crippen LogP contribution in [0.25, 0.3) is 0 Å². The zero-order chi connectivity index (χ0) is 8.97. The predicted octanol–water partition coefficient (Wildman–Crippen LogP) is 0.688. The molecule has 0 spiro atoms. The van der Waals surface area contributed by atoms with Gasteiger partial charge in [0, 0.05) is 13.0 Å². The van der Waals surface area contributed by atoms with Gasteiger partial charge in [-0.05, 0) is 11.6 Å². The molecule has 3 N–H and O–H groups in total. The van der Waals surface area contributed by atoms with E-state index in [0.717, 1.165) is 0 Å². The van der Waals surface area contributed by atoms with Crippen LogP contribution in [-0.2, 0) is 6.42 Å². The van der Waals surface area contributed by atoms with Gasteiger partial charge in [-0.3, -0.25) is 0 Å².